The summed E-state index contributed by atoms with van der Waals surface area (Å²) in [6.45, 7) is 10.4. The monoisotopic (exact) mass is 751 g/mol. The van der Waals surface area contributed by atoms with E-state index in [0.29, 0.717) is 22.7 Å². The van der Waals surface area contributed by atoms with Crippen molar-refractivity contribution < 1.29 is 34.5 Å². The van der Waals surface area contributed by atoms with E-state index >= 15 is 0 Å². The van der Waals surface area contributed by atoms with Crippen molar-refractivity contribution in [3.05, 3.63) is 90.7 Å². The van der Waals surface area contributed by atoms with Crippen LogP contribution in [-0.2, 0) is 46.4 Å². The number of amides is 4. The summed E-state index contributed by atoms with van der Waals surface area (Å²) in [7, 11) is 5.04. The number of rotatable bonds is 17. The molecule has 0 unspecified atom stereocenters. The number of aromatic hydroxyl groups is 2. The molecule has 3 rings (SSSR count). The summed E-state index contributed by atoms with van der Waals surface area (Å²) >= 11 is 0. The van der Waals surface area contributed by atoms with Crippen LogP contribution in [0.4, 0.5) is 0 Å². The van der Waals surface area contributed by atoms with E-state index in [1.807, 2.05) is 6.92 Å². The van der Waals surface area contributed by atoms with Gasteiger partial charge < -0.3 is 50.6 Å². The third-order valence-corrected chi connectivity index (χ3v) is 10.0. The second-order valence-electron chi connectivity index (χ2n) is 13.7. The van der Waals surface area contributed by atoms with E-state index < -0.39 is 45.6 Å². The third kappa shape index (κ3) is 10.6. The lowest BCUT2D eigenvalue weighted by molar-refractivity contribution is -0.127. The summed E-state index contributed by atoms with van der Waals surface area (Å²) in [5, 5.41) is 42.4. The Hall–Kier alpha value is -5.80. The minimum Gasteiger partial charge on any atom is -0.505 e. The highest BCUT2D eigenvalue weighted by molar-refractivity contribution is 5.80. The van der Waals surface area contributed by atoms with Gasteiger partial charge >= 0.3 is 0 Å². The van der Waals surface area contributed by atoms with Crippen LogP contribution in [0, 0.1) is 13.8 Å². The Labute approximate surface area is 314 Å². The smallest absolute Gasteiger partial charge is 0.223 e. The van der Waals surface area contributed by atoms with Crippen LogP contribution in [0.3, 0.4) is 0 Å². The highest BCUT2D eigenvalue weighted by atomic mass is 16.3. The molecule has 16 heteroatoms. The first-order valence-electron chi connectivity index (χ1n) is 17.7. The number of aryl methyl sites for hydroxylation is 2. The molecule has 0 aromatic carbocycles. The summed E-state index contributed by atoms with van der Waals surface area (Å²) in [5.74, 6) is -2.72. The number of allylic oxidation sites excluding steroid dienone is 2. The Morgan fingerprint density at radius 3 is 1.52 bits per heavy atom. The van der Waals surface area contributed by atoms with Crippen LogP contribution in [0.15, 0.2) is 57.1 Å². The minimum atomic E-state index is -1.22. The first kappa shape index (κ1) is 42.6. The fraction of sp³-hybridized carbons (Fsp3) is 0.474. The number of aliphatic hydroxyl groups excluding tert-OH is 1. The quantitative estimate of drug-likeness (QED) is 0.124. The first-order valence-corrected chi connectivity index (χ1v) is 17.7. The molecule has 2 aromatic heterocycles. The largest absolute Gasteiger partial charge is 0.505 e. The predicted octanol–water partition coefficient (Wildman–Crippen LogP) is 1.94. The van der Waals surface area contributed by atoms with Crippen LogP contribution in [-0.4, -0.2) is 72.1 Å². The Balaban J connectivity index is 1.81. The van der Waals surface area contributed by atoms with Crippen molar-refractivity contribution in [3.63, 3.8) is 0 Å². The third-order valence-electron chi connectivity index (χ3n) is 10.0. The van der Waals surface area contributed by atoms with Gasteiger partial charge in [-0.05, 0) is 46.1 Å². The number of nitrogens with one attached hydrogen (secondary N) is 4. The molecule has 294 valence electrons. The maximum Gasteiger partial charge on any atom is 0.223 e. The maximum absolute atomic E-state index is 13.3. The standard InChI is InChI=1S/C38H53N7O9/c1-9-31(48)42-38(13-10-32(49)39-19-26-35(52)22(2)16-23(3)43(26)6,14-11-33(50)40-20-27-36(53)29(46)17-24(4)44(27)7)15-12-34(51)41-21-28-37(54)30(47)18-25(5)45(28)8/h16-18,52-54H,2,9-15,19-21H2,1,3-8H3,(H,39,49)(H,40,50)(H,41,51)(H,42,48). The number of carbonyl (C=O) groups excluding carboxylic acids is 4. The highest BCUT2D eigenvalue weighted by Gasteiger charge is 2.34. The molecule has 0 fully saturated rings. The molecule has 16 nitrogen and oxygen atoms in total. The minimum absolute atomic E-state index is 0.00683. The summed E-state index contributed by atoms with van der Waals surface area (Å²) in [6, 6.07) is 2.56. The molecule has 0 spiro atoms. The lowest BCUT2D eigenvalue weighted by atomic mass is 9.83. The zero-order chi connectivity index (χ0) is 40.5. The number of hydrogen-bond acceptors (Lipinski definition) is 10. The number of nitrogens with zero attached hydrogens (tertiary/aromatic N) is 3. The Morgan fingerprint density at radius 1 is 0.704 bits per heavy atom. The van der Waals surface area contributed by atoms with E-state index in [4.69, 9.17) is 0 Å². The Morgan fingerprint density at radius 2 is 1.11 bits per heavy atom. The van der Waals surface area contributed by atoms with Crippen molar-refractivity contribution in [2.24, 2.45) is 14.1 Å². The van der Waals surface area contributed by atoms with Crippen LogP contribution in [0.5, 0.6) is 11.5 Å². The number of pyridine rings is 2. The van der Waals surface area contributed by atoms with E-state index in [0.717, 1.165) is 5.70 Å². The van der Waals surface area contributed by atoms with E-state index in [-0.39, 0.29) is 87.6 Å². The second kappa shape index (κ2) is 18.3. The lowest BCUT2D eigenvalue weighted by Gasteiger charge is -2.35. The Bertz CT molecular complexity index is 1900. The molecule has 0 saturated heterocycles. The lowest BCUT2D eigenvalue weighted by Crippen LogP contribution is -2.50. The number of likely N-dealkylation sites (N-methyl/N-ethyl adjacent to an activating group) is 1. The zero-order valence-corrected chi connectivity index (χ0v) is 32.1. The van der Waals surface area contributed by atoms with Crippen LogP contribution >= 0.6 is 0 Å². The normalized spacial score (nSPS) is 13.1. The topological polar surface area (TPSA) is 224 Å². The highest BCUT2D eigenvalue weighted by Crippen LogP contribution is 2.28. The van der Waals surface area contributed by atoms with E-state index in [9.17, 15) is 44.1 Å². The van der Waals surface area contributed by atoms with Gasteiger partial charge in [-0.1, -0.05) is 13.5 Å². The summed E-state index contributed by atoms with van der Waals surface area (Å²) in [6.07, 6.45) is 1.48. The van der Waals surface area contributed by atoms with Crippen molar-refractivity contribution >= 4 is 23.6 Å². The molecular weight excluding hydrogens is 698 g/mol. The molecule has 0 atom stereocenters. The molecule has 7 N–H and O–H groups in total. The van der Waals surface area contributed by atoms with Gasteiger partial charge in [0.15, 0.2) is 11.5 Å². The maximum atomic E-state index is 13.3. The summed E-state index contributed by atoms with van der Waals surface area (Å²) in [4.78, 5) is 78.7. The van der Waals surface area contributed by atoms with E-state index in [2.05, 4.69) is 27.8 Å². The zero-order valence-electron chi connectivity index (χ0n) is 32.1. The van der Waals surface area contributed by atoms with Gasteiger partial charge in [-0.3, -0.25) is 28.8 Å². The summed E-state index contributed by atoms with van der Waals surface area (Å²) < 4.78 is 3.17. The molecule has 4 amide bonds. The van der Waals surface area contributed by atoms with Gasteiger partial charge in [0.2, 0.25) is 34.5 Å². The molecular formula is C38H53N7O9. The fourth-order valence-corrected chi connectivity index (χ4v) is 6.14. The fourth-order valence-electron chi connectivity index (χ4n) is 6.14. The molecule has 0 radical (unpaired) electrons. The molecule has 3 heterocycles. The van der Waals surface area contributed by atoms with Crippen molar-refractivity contribution in [2.45, 2.75) is 91.3 Å². The van der Waals surface area contributed by atoms with Gasteiger partial charge in [-0.15, -0.1) is 0 Å². The van der Waals surface area contributed by atoms with E-state index in [1.165, 1.54) is 12.1 Å². The van der Waals surface area contributed by atoms with Gasteiger partial charge in [-0.2, -0.15) is 0 Å². The van der Waals surface area contributed by atoms with Gasteiger partial charge in [0, 0.05) is 87.2 Å². The van der Waals surface area contributed by atoms with Crippen LogP contribution < -0.4 is 32.1 Å². The van der Waals surface area contributed by atoms with Gasteiger partial charge in [0.25, 0.3) is 0 Å². The molecule has 0 saturated carbocycles. The van der Waals surface area contributed by atoms with Crippen molar-refractivity contribution in [2.75, 3.05) is 13.6 Å². The van der Waals surface area contributed by atoms with Crippen LogP contribution in [0.1, 0.15) is 81.6 Å². The first-order chi connectivity index (χ1) is 25.3. The molecule has 2 aromatic rings. The summed E-state index contributed by atoms with van der Waals surface area (Å²) in [5.41, 5.74) is 0.888. The van der Waals surface area contributed by atoms with Gasteiger partial charge in [0.05, 0.1) is 36.7 Å². The molecule has 54 heavy (non-hydrogen) atoms. The average molecular weight is 752 g/mol. The van der Waals surface area contributed by atoms with Crippen LogP contribution in [0.25, 0.3) is 0 Å². The SMILES string of the molecule is C=C1C=C(C)N(C)C(CNC(=O)CCC(CCC(=O)NCc2c(O)c(=O)cc(C)n2C)(CCC(=O)NCc2c(O)c(=O)cc(C)n2C)NC(=O)CC)=C1O. The molecule has 0 bridgehead atoms. The number of hydrogen-bond donors (Lipinski definition) is 7. The van der Waals surface area contributed by atoms with Crippen molar-refractivity contribution in [1.29, 1.82) is 0 Å². The number of aromatic nitrogens is 2. The molecule has 1 aliphatic heterocycles. The van der Waals surface area contributed by atoms with Crippen LogP contribution in [0.2, 0.25) is 0 Å². The van der Waals surface area contributed by atoms with E-state index in [1.54, 1.807) is 62.0 Å². The second-order valence-corrected chi connectivity index (χ2v) is 13.7. The van der Waals surface area contributed by atoms with Gasteiger partial charge in [-0.25, -0.2) is 0 Å². The van der Waals surface area contributed by atoms with Crippen molar-refractivity contribution in [1.82, 2.24) is 35.3 Å². The molecule has 1 aliphatic rings. The average Bonchev–Trinajstić information content (AvgIpc) is 3.12. The van der Waals surface area contributed by atoms with Gasteiger partial charge in [0.1, 0.15) is 5.76 Å². The number of carbonyl (C=O) groups is 4. The molecule has 0 aliphatic carbocycles. The predicted molar refractivity (Wildman–Crippen MR) is 202 cm³/mol. The Kier molecular flexibility index (Phi) is 14.4. The van der Waals surface area contributed by atoms with Crippen molar-refractivity contribution in [3.8, 4) is 11.5 Å². The number of aliphatic hydroxyl groups is 1.